The van der Waals surface area contributed by atoms with Crippen LogP contribution in [0, 0.1) is 0 Å². The van der Waals surface area contributed by atoms with Crippen molar-refractivity contribution in [2.45, 2.75) is 44.5 Å². The number of carbonyl (C=O) groups excluding carboxylic acids is 1. The van der Waals surface area contributed by atoms with Crippen LogP contribution in [0.5, 0.6) is 0 Å². The number of nitrogens with zero attached hydrogens (tertiary/aromatic N) is 4. The van der Waals surface area contributed by atoms with E-state index < -0.39 is 0 Å². The third-order valence-corrected chi connectivity index (χ3v) is 6.64. The lowest BCUT2D eigenvalue weighted by molar-refractivity contribution is 0.104. The van der Waals surface area contributed by atoms with Crippen LogP contribution in [0.1, 0.15) is 37.3 Å². The number of aromatic nitrogens is 2. The smallest absolute Gasteiger partial charge is 0.411 e. The van der Waals surface area contributed by atoms with Crippen LogP contribution in [0.25, 0.3) is 11.0 Å². The molecule has 156 valence electrons. The summed E-state index contributed by atoms with van der Waals surface area (Å²) in [7, 11) is 2.09. The largest absolute Gasteiger partial charge is 0.439 e. The van der Waals surface area contributed by atoms with Gasteiger partial charge in [-0.2, -0.15) is 0 Å². The third-order valence-electron chi connectivity index (χ3n) is 6.64. The van der Waals surface area contributed by atoms with Gasteiger partial charge in [0.2, 0.25) is 0 Å². The van der Waals surface area contributed by atoms with E-state index in [9.17, 15) is 4.79 Å². The van der Waals surface area contributed by atoms with Crippen LogP contribution >= 0.6 is 0 Å². The Labute approximate surface area is 177 Å². The molecule has 2 aliphatic heterocycles. The Morgan fingerprint density at radius 2 is 1.73 bits per heavy atom. The molecule has 2 unspecified atom stereocenters. The zero-order valence-corrected chi connectivity index (χ0v) is 17.6. The Bertz CT molecular complexity index is 1040. The molecule has 0 saturated carbocycles. The maximum atomic E-state index is 12.7. The molecule has 3 aromatic rings. The van der Waals surface area contributed by atoms with Gasteiger partial charge in [0, 0.05) is 26.2 Å². The van der Waals surface area contributed by atoms with E-state index in [1.807, 2.05) is 41.3 Å². The third kappa shape index (κ3) is 3.35. The molecule has 6 nitrogen and oxygen atoms in total. The number of rotatable bonds is 4. The Hall–Kier alpha value is -2.86. The van der Waals surface area contributed by atoms with Gasteiger partial charge in [-0.05, 0) is 37.5 Å². The van der Waals surface area contributed by atoms with E-state index >= 15 is 0 Å². The highest BCUT2D eigenvalue weighted by Gasteiger charge is 2.43. The molecule has 5 rings (SSSR count). The van der Waals surface area contributed by atoms with Gasteiger partial charge in [0.25, 0.3) is 0 Å². The topological polar surface area (TPSA) is 50.6 Å². The lowest BCUT2D eigenvalue weighted by atomic mass is 9.98. The predicted octanol–water partition coefficient (Wildman–Crippen LogP) is 4.12. The number of aryl methyl sites for hydroxylation is 1. The number of fused-ring (bicyclic) bond motifs is 1. The van der Waals surface area contributed by atoms with Crippen molar-refractivity contribution in [3.8, 4) is 0 Å². The van der Waals surface area contributed by atoms with Gasteiger partial charge in [-0.3, -0.25) is 9.80 Å². The predicted molar refractivity (Wildman–Crippen MR) is 116 cm³/mol. The number of ether oxygens (including phenoxy) is 1. The van der Waals surface area contributed by atoms with E-state index in [2.05, 4.69) is 41.6 Å². The summed E-state index contributed by atoms with van der Waals surface area (Å²) in [6.45, 7) is 4.86. The molecule has 2 atom stereocenters. The van der Waals surface area contributed by atoms with Gasteiger partial charge in [-0.15, -0.1) is 0 Å². The molecule has 0 aliphatic carbocycles. The normalized spacial score (nSPS) is 23.3. The average Bonchev–Trinajstić information content (AvgIpc) is 3.25. The number of hydrogen-bond donors (Lipinski definition) is 0. The summed E-state index contributed by atoms with van der Waals surface area (Å²) in [6.07, 6.45) is 1.57. The number of carbonyl (C=O) groups is 1. The summed E-state index contributed by atoms with van der Waals surface area (Å²) in [5.41, 5.74) is 3.29. The summed E-state index contributed by atoms with van der Waals surface area (Å²) in [5.74, 6) is 1.09. The zero-order chi connectivity index (χ0) is 20.7. The molecule has 1 amide bonds. The van der Waals surface area contributed by atoms with Crippen LogP contribution in [0.3, 0.4) is 0 Å². The molecule has 2 saturated heterocycles. The Balaban J connectivity index is 1.23. The molecule has 0 radical (unpaired) electrons. The first-order valence-electron chi connectivity index (χ1n) is 10.8. The van der Waals surface area contributed by atoms with Crippen molar-refractivity contribution in [1.82, 2.24) is 19.4 Å². The SMILES string of the molecule is CC1C(c2ccccc2)OC(=O)N1C1CCN(Cc2nc3ccccc3n2C)CC1. The van der Waals surface area contributed by atoms with E-state index in [1.54, 1.807) is 0 Å². The van der Waals surface area contributed by atoms with Crippen LogP contribution in [-0.2, 0) is 18.3 Å². The van der Waals surface area contributed by atoms with Crippen LogP contribution < -0.4 is 0 Å². The van der Waals surface area contributed by atoms with Gasteiger partial charge in [0.15, 0.2) is 0 Å². The van der Waals surface area contributed by atoms with Gasteiger partial charge in [-0.25, -0.2) is 9.78 Å². The summed E-state index contributed by atoms with van der Waals surface area (Å²) in [5, 5.41) is 0. The lowest BCUT2D eigenvalue weighted by Crippen LogP contribution is -2.47. The van der Waals surface area contributed by atoms with Gasteiger partial charge in [0.1, 0.15) is 11.9 Å². The molecule has 2 aromatic carbocycles. The lowest BCUT2D eigenvalue weighted by Gasteiger charge is -2.37. The first-order valence-corrected chi connectivity index (χ1v) is 10.8. The summed E-state index contributed by atoms with van der Waals surface area (Å²) >= 11 is 0. The molecule has 3 heterocycles. The minimum Gasteiger partial charge on any atom is -0.439 e. The van der Waals surface area contributed by atoms with Crippen molar-refractivity contribution in [2.24, 2.45) is 7.05 Å². The number of benzene rings is 2. The molecule has 0 spiro atoms. The molecular formula is C24H28N4O2. The molecular weight excluding hydrogens is 376 g/mol. The second-order valence-corrected chi connectivity index (χ2v) is 8.45. The van der Waals surface area contributed by atoms with Crippen LogP contribution in [-0.4, -0.2) is 50.6 Å². The van der Waals surface area contributed by atoms with E-state index in [0.29, 0.717) is 0 Å². The number of amides is 1. The highest BCUT2D eigenvalue weighted by atomic mass is 16.6. The fraction of sp³-hybridized carbons (Fsp3) is 0.417. The van der Waals surface area contributed by atoms with E-state index in [4.69, 9.17) is 9.72 Å². The van der Waals surface area contributed by atoms with Crippen molar-refractivity contribution in [3.63, 3.8) is 0 Å². The number of likely N-dealkylation sites (tertiary alicyclic amines) is 1. The highest BCUT2D eigenvalue weighted by molar-refractivity contribution is 5.75. The number of piperidine rings is 1. The van der Waals surface area contributed by atoms with Crippen molar-refractivity contribution >= 4 is 17.1 Å². The molecule has 6 heteroatoms. The van der Waals surface area contributed by atoms with Gasteiger partial charge < -0.3 is 9.30 Å². The molecule has 30 heavy (non-hydrogen) atoms. The average molecular weight is 405 g/mol. The summed E-state index contributed by atoms with van der Waals surface area (Å²) < 4.78 is 7.94. The number of cyclic esters (lactones) is 1. The molecule has 2 fully saturated rings. The quantitative estimate of drug-likeness (QED) is 0.656. The maximum Gasteiger partial charge on any atom is 0.411 e. The first-order chi connectivity index (χ1) is 14.6. The van der Waals surface area contributed by atoms with Crippen LogP contribution in [0.2, 0.25) is 0 Å². The second kappa shape index (κ2) is 7.76. The Morgan fingerprint density at radius 3 is 2.47 bits per heavy atom. The van der Waals surface area contributed by atoms with Gasteiger partial charge >= 0.3 is 6.09 Å². The number of imidazole rings is 1. The fourth-order valence-electron chi connectivity index (χ4n) is 4.94. The zero-order valence-electron chi connectivity index (χ0n) is 17.6. The minimum absolute atomic E-state index is 0.0521. The molecule has 0 N–H and O–H groups in total. The molecule has 1 aromatic heterocycles. The Kier molecular flexibility index (Phi) is 4.95. The van der Waals surface area contributed by atoms with Gasteiger partial charge in [0.05, 0.1) is 23.6 Å². The number of hydrogen-bond acceptors (Lipinski definition) is 4. The van der Waals surface area contributed by atoms with E-state index in [0.717, 1.165) is 49.4 Å². The molecule has 2 aliphatic rings. The fourth-order valence-corrected chi connectivity index (χ4v) is 4.94. The van der Waals surface area contributed by atoms with E-state index in [-0.39, 0.29) is 24.3 Å². The molecule has 0 bridgehead atoms. The van der Waals surface area contributed by atoms with Crippen molar-refractivity contribution in [3.05, 3.63) is 66.0 Å². The maximum absolute atomic E-state index is 12.7. The monoisotopic (exact) mass is 404 g/mol. The Morgan fingerprint density at radius 1 is 1.03 bits per heavy atom. The summed E-state index contributed by atoms with van der Waals surface area (Å²) in [4.78, 5) is 21.9. The summed E-state index contributed by atoms with van der Waals surface area (Å²) in [6, 6.07) is 18.6. The second-order valence-electron chi connectivity index (χ2n) is 8.45. The van der Waals surface area contributed by atoms with Crippen molar-refractivity contribution in [2.75, 3.05) is 13.1 Å². The first kappa shape index (κ1) is 19.1. The van der Waals surface area contributed by atoms with Crippen LogP contribution in [0.4, 0.5) is 4.79 Å². The van der Waals surface area contributed by atoms with Crippen molar-refractivity contribution in [1.29, 1.82) is 0 Å². The number of para-hydroxylation sites is 2. The van der Waals surface area contributed by atoms with Gasteiger partial charge in [-0.1, -0.05) is 42.5 Å². The standard InChI is InChI=1S/C24H28N4O2/c1-17-23(18-8-4-3-5-9-18)30-24(29)28(17)19-12-14-27(15-13-19)16-22-25-20-10-6-7-11-21(20)26(22)2/h3-11,17,19,23H,12-16H2,1-2H3. The minimum atomic E-state index is -0.184. The van der Waals surface area contributed by atoms with Crippen LogP contribution in [0.15, 0.2) is 54.6 Å². The highest BCUT2D eigenvalue weighted by Crippen LogP contribution is 2.35. The van der Waals surface area contributed by atoms with E-state index in [1.165, 1.54) is 5.52 Å². The van der Waals surface area contributed by atoms with Crippen molar-refractivity contribution < 1.29 is 9.53 Å².